The van der Waals surface area contributed by atoms with E-state index >= 15 is 0 Å². The second kappa shape index (κ2) is 10.4. The highest BCUT2D eigenvalue weighted by atomic mass is 32.2. The van der Waals surface area contributed by atoms with Gasteiger partial charge in [-0.3, -0.25) is 4.79 Å². The van der Waals surface area contributed by atoms with Crippen molar-refractivity contribution in [3.63, 3.8) is 0 Å². The summed E-state index contributed by atoms with van der Waals surface area (Å²) in [7, 11) is 0. The quantitative estimate of drug-likeness (QED) is 0.340. The van der Waals surface area contributed by atoms with E-state index in [1.54, 1.807) is 54.7 Å². The van der Waals surface area contributed by atoms with Crippen molar-refractivity contribution in [3.8, 4) is 11.4 Å². The largest absolute Gasteiger partial charge is 0.395 e. The fourth-order valence-corrected chi connectivity index (χ4v) is 3.14. The number of rotatable bonds is 8. The summed E-state index contributed by atoms with van der Waals surface area (Å²) in [6, 6.07) is 13.0. The molecule has 1 heterocycles. The molecule has 0 saturated carbocycles. The molecule has 1 aromatic heterocycles. The molecule has 0 aliphatic rings. The molecule has 0 radical (unpaired) electrons. The maximum atomic E-state index is 12.2. The predicted octanol–water partition coefficient (Wildman–Crippen LogP) is 3.01. The van der Waals surface area contributed by atoms with Crippen molar-refractivity contribution in [1.82, 2.24) is 9.97 Å². The lowest BCUT2D eigenvalue weighted by Crippen LogP contribution is -2.19. The average Bonchev–Trinajstić information content (AvgIpc) is 2.78. The Kier molecular flexibility index (Phi) is 7.41. The third kappa shape index (κ3) is 5.93. The van der Waals surface area contributed by atoms with E-state index in [0.717, 1.165) is 10.5 Å². The Labute approximate surface area is 183 Å². The van der Waals surface area contributed by atoms with Gasteiger partial charge in [-0.1, -0.05) is 0 Å². The summed E-state index contributed by atoms with van der Waals surface area (Å²) < 4.78 is 0. The minimum absolute atomic E-state index is 0.00484. The molecule has 0 saturated heterocycles. The lowest BCUT2D eigenvalue weighted by molar-refractivity contribution is 0.100. The number of primary amides is 1. The predicted molar refractivity (Wildman–Crippen MR) is 122 cm³/mol. The van der Waals surface area contributed by atoms with E-state index in [1.165, 1.54) is 11.8 Å². The van der Waals surface area contributed by atoms with Gasteiger partial charge in [-0.2, -0.15) is 0 Å². The number of amides is 3. The van der Waals surface area contributed by atoms with Crippen molar-refractivity contribution < 1.29 is 14.7 Å². The minimum Gasteiger partial charge on any atom is -0.395 e. The van der Waals surface area contributed by atoms with Crippen molar-refractivity contribution in [2.24, 2.45) is 5.73 Å². The Morgan fingerprint density at radius 2 is 1.65 bits per heavy atom. The number of carbonyl (C=O) groups excluding carboxylic acids is 2. The van der Waals surface area contributed by atoms with E-state index in [-0.39, 0.29) is 6.61 Å². The van der Waals surface area contributed by atoms with Crippen molar-refractivity contribution in [2.45, 2.75) is 4.90 Å². The molecule has 3 rings (SSSR count). The Bertz CT molecular complexity index is 1060. The van der Waals surface area contributed by atoms with Gasteiger partial charge in [-0.25, -0.2) is 14.8 Å². The van der Waals surface area contributed by atoms with E-state index in [0.29, 0.717) is 35.1 Å². The minimum atomic E-state index is -0.528. The van der Waals surface area contributed by atoms with Crippen LogP contribution in [0, 0.1) is 0 Å². The standard InChI is InChI=1S/C21H22N6O3S/c1-31-17-12-24-19(27-20(17)23-10-11-28)14-4-8-16(9-5-14)26-21(30)25-15-6-2-13(3-7-15)18(22)29/h2-9,12,28H,10-11H2,1H3,(H2,22,29)(H,23,24,27)(H2,25,26,30). The fraction of sp³-hybridized carbons (Fsp3) is 0.143. The number of carbonyl (C=O) groups is 2. The van der Waals surface area contributed by atoms with E-state index in [1.807, 2.05) is 6.26 Å². The highest BCUT2D eigenvalue weighted by Gasteiger charge is 2.09. The first kappa shape index (κ1) is 22.1. The molecule has 6 N–H and O–H groups in total. The summed E-state index contributed by atoms with van der Waals surface area (Å²) in [5.41, 5.74) is 7.48. The Hall–Kier alpha value is -3.63. The lowest BCUT2D eigenvalue weighted by Gasteiger charge is -2.11. The molecule has 0 fully saturated rings. The van der Waals surface area contributed by atoms with Crippen LogP contribution in [0.15, 0.2) is 59.6 Å². The second-order valence-corrected chi connectivity index (χ2v) is 7.21. The second-order valence-electron chi connectivity index (χ2n) is 6.36. The zero-order valence-corrected chi connectivity index (χ0v) is 17.6. The van der Waals surface area contributed by atoms with E-state index < -0.39 is 11.9 Å². The number of hydrogen-bond acceptors (Lipinski definition) is 7. The van der Waals surface area contributed by atoms with Crippen LogP contribution in [0.1, 0.15) is 10.4 Å². The van der Waals surface area contributed by atoms with Gasteiger partial charge in [0.2, 0.25) is 5.91 Å². The average molecular weight is 439 g/mol. The number of aliphatic hydroxyl groups is 1. The number of nitrogens with two attached hydrogens (primary N) is 1. The first-order valence-corrected chi connectivity index (χ1v) is 10.6. The van der Waals surface area contributed by atoms with E-state index in [2.05, 4.69) is 25.9 Å². The van der Waals surface area contributed by atoms with Crippen molar-refractivity contribution in [2.75, 3.05) is 35.4 Å². The van der Waals surface area contributed by atoms with Crippen LogP contribution in [0.3, 0.4) is 0 Å². The van der Waals surface area contributed by atoms with Gasteiger partial charge in [0.1, 0.15) is 5.82 Å². The molecule has 9 nitrogen and oxygen atoms in total. The highest BCUT2D eigenvalue weighted by Crippen LogP contribution is 2.26. The van der Waals surface area contributed by atoms with Gasteiger partial charge in [0.05, 0.1) is 11.5 Å². The SMILES string of the molecule is CSc1cnc(-c2ccc(NC(=O)Nc3ccc(C(N)=O)cc3)cc2)nc1NCCO. The molecule has 3 aromatic rings. The first-order chi connectivity index (χ1) is 15.0. The summed E-state index contributed by atoms with van der Waals surface area (Å²) in [4.78, 5) is 33.1. The number of thioether (sulfide) groups is 1. The third-order valence-electron chi connectivity index (χ3n) is 4.21. The Morgan fingerprint density at radius 3 is 2.19 bits per heavy atom. The summed E-state index contributed by atoms with van der Waals surface area (Å²) >= 11 is 1.52. The number of anilines is 3. The Morgan fingerprint density at radius 1 is 1.03 bits per heavy atom. The van der Waals surface area contributed by atoms with Gasteiger partial charge >= 0.3 is 6.03 Å². The van der Waals surface area contributed by atoms with Gasteiger partial charge in [0.25, 0.3) is 0 Å². The van der Waals surface area contributed by atoms with Gasteiger partial charge in [-0.15, -0.1) is 11.8 Å². The van der Waals surface area contributed by atoms with Crippen LogP contribution in [0.2, 0.25) is 0 Å². The molecular weight excluding hydrogens is 416 g/mol. The molecule has 0 spiro atoms. The molecule has 0 unspecified atom stereocenters. The molecule has 3 amide bonds. The first-order valence-electron chi connectivity index (χ1n) is 9.34. The van der Waals surface area contributed by atoms with Crippen molar-refractivity contribution >= 4 is 40.9 Å². The van der Waals surface area contributed by atoms with Crippen LogP contribution in [-0.2, 0) is 0 Å². The summed E-state index contributed by atoms with van der Waals surface area (Å²) in [5, 5.41) is 17.5. The summed E-state index contributed by atoms with van der Waals surface area (Å²) in [5.74, 6) is 0.665. The number of hydrogen-bond donors (Lipinski definition) is 5. The van der Waals surface area contributed by atoms with Gasteiger partial charge in [-0.05, 0) is 54.8 Å². The van der Waals surface area contributed by atoms with Gasteiger partial charge < -0.3 is 26.8 Å². The number of nitrogens with one attached hydrogen (secondary N) is 3. The third-order valence-corrected chi connectivity index (χ3v) is 4.95. The van der Waals surface area contributed by atoms with Crippen LogP contribution in [-0.4, -0.2) is 46.4 Å². The fourth-order valence-electron chi connectivity index (χ4n) is 2.67. The van der Waals surface area contributed by atoms with E-state index in [4.69, 9.17) is 10.8 Å². The number of aliphatic hydroxyl groups excluding tert-OH is 1. The monoisotopic (exact) mass is 438 g/mol. The van der Waals surface area contributed by atoms with Gasteiger partial charge in [0.15, 0.2) is 5.82 Å². The van der Waals surface area contributed by atoms with Crippen LogP contribution >= 0.6 is 11.8 Å². The molecular formula is C21H22N6O3S. The molecule has 2 aromatic carbocycles. The molecule has 0 aliphatic carbocycles. The normalized spacial score (nSPS) is 10.4. The van der Waals surface area contributed by atoms with E-state index in [9.17, 15) is 9.59 Å². The number of urea groups is 1. The van der Waals surface area contributed by atoms with Crippen LogP contribution in [0.25, 0.3) is 11.4 Å². The zero-order valence-electron chi connectivity index (χ0n) is 16.8. The summed E-state index contributed by atoms with van der Waals surface area (Å²) in [6.07, 6.45) is 3.66. The number of nitrogens with zero attached hydrogens (tertiary/aromatic N) is 2. The molecule has 10 heteroatoms. The number of aromatic nitrogens is 2. The molecule has 160 valence electrons. The van der Waals surface area contributed by atoms with Crippen molar-refractivity contribution in [1.29, 1.82) is 0 Å². The highest BCUT2D eigenvalue weighted by molar-refractivity contribution is 7.98. The van der Waals surface area contributed by atoms with Crippen LogP contribution in [0.5, 0.6) is 0 Å². The van der Waals surface area contributed by atoms with Crippen LogP contribution < -0.4 is 21.7 Å². The maximum absolute atomic E-state index is 12.2. The summed E-state index contributed by atoms with van der Waals surface area (Å²) in [6.45, 7) is 0.401. The smallest absolute Gasteiger partial charge is 0.323 e. The molecule has 0 aliphatic heterocycles. The topological polar surface area (TPSA) is 142 Å². The number of benzene rings is 2. The molecule has 0 atom stereocenters. The molecule has 0 bridgehead atoms. The molecule has 31 heavy (non-hydrogen) atoms. The Balaban J connectivity index is 1.65. The van der Waals surface area contributed by atoms with Crippen molar-refractivity contribution in [3.05, 3.63) is 60.3 Å². The van der Waals surface area contributed by atoms with Gasteiger partial charge in [0, 0.05) is 35.2 Å². The van der Waals surface area contributed by atoms with Crippen LogP contribution in [0.4, 0.5) is 22.0 Å². The maximum Gasteiger partial charge on any atom is 0.323 e. The zero-order chi connectivity index (χ0) is 22.2. The lowest BCUT2D eigenvalue weighted by atomic mass is 10.2.